The van der Waals surface area contributed by atoms with Gasteiger partial charge in [-0.3, -0.25) is 14.5 Å². The van der Waals surface area contributed by atoms with Gasteiger partial charge in [0.2, 0.25) is 17.7 Å². The maximum absolute atomic E-state index is 12.8. The number of nitrogens with zero attached hydrogens (tertiary/aromatic N) is 5. The van der Waals surface area contributed by atoms with Crippen LogP contribution in [0.2, 0.25) is 0 Å². The number of rotatable bonds is 5. The van der Waals surface area contributed by atoms with Crippen LogP contribution in [0.15, 0.2) is 4.52 Å². The smallest absolute Gasteiger partial charge is 0.244 e. The summed E-state index contributed by atoms with van der Waals surface area (Å²) in [6.07, 6.45) is 2.77. The number of amides is 2. The van der Waals surface area contributed by atoms with Crippen molar-refractivity contribution in [2.75, 3.05) is 33.2 Å². The standard InChI is InChI=1S/C21H35N5O3/c1-14(2)20(28)25-9-7-21(8-10-25)11-17(19-22-16(5)23-29-19)26(13-21)12-18(27)24(6)15(3)4/h14-15,17H,7-13H2,1-6H3. The van der Waals surface area contributed by atoms with Crippen molar-refractivity contribution in [1.29, 1.82) is 0 Å². The van der Waals surface area contributed by atoms with Gasteiger partial charge in [-0.1, -0.05) is 19.0 Å². The minimum absolute atomic E-state index is 0.0300. The van der Waals surface area contributed by atoms with Gasteiger partial charge in [0.1, 0.15) is 0 Å². The first-order valence-corrected chi connectivity index (χ1v) is 10.7. The zero-order chi connectivity index (χ0) is 21.3. The van der Waals surface area contributed by atoms with E-state index in [2.05, 4.69) is 15.0 Å². The fourth-order valence-corrected chi connectivity index (χ4v) is 4.50. The highest BCUT2D eigenvalue weighted by atomic mass is 16.5. The zero-order valence-corrected chi connectivity index (χ0v) is 18.6. The number of carbonyl (C=O) groups is 2. The molecule has 3 rings (SSSR count). The maximum atomic E-state index is 12.8. The molecule has 2 fully saturated rings. The second-order valence-corrected chi connectivity index (χ2v) is 9.38. The molecule has 3 heterocycles. The van der Waals surface area contributed by atoms with Crippen molar-refractivity contribution in [2.45, 2.75) is 66.0 Å². The van der Waals surface area contributed by atoms with Crippen LogP contribution in [0.4, 0.5) is 0 Å². The molecule has 2 amide bonds. The van der Waals surface area contributed by atoms with Crippen LogP contribution in [0, 0.1) is 18.3 Å². The van der Waals surface area contributed by atoms with Crippen LogP contribution in [-0.4, -0.2) is 75.9 Å². The lowest BCUT2D eigenvalue weighted by molar-refractivity contribution is -0.136. The summed E-state index contributed by atoms with van der Waals surface area (Å²) in [6, 6.07) is 0.113. The summed E-state index contributed by atoms with van der Waals surface area (Å²) in [7, 11) is 1.85. The van der Waals surface area contributed by atoms with Gasteiger partial charge in [-0.2, -0.15) is 4.98 Å². The molecule has 162 valence electrons. The molecular formula is C21H35N5O3. The molecule has 2 aliphatic rings. The Balaban J connectivity index is 1.75. The van der Waals surface area contributed by atoms with Gasteiger partial charge >= 0.3 is 0 Å². The summed E-state index contributed by atoms with van der Waals surface area (Å²) in [6.45, 7) is 12.5. The molecule has 2 aliphatic heterocycles. The van der Waals surface area contributed by atoms with E-state index < -0.39 is 0 Å². The fourth-order valence-electron chi connectivity index (χ4n) is 4.50. The lowest BCUT2D eigenvalue weighted by Gasteiger charge is -2.40. The summed E-state index contributed by atoms with van der Waals surface area (Å²) in [5.74, 6) is 1.57. The predicted octanol–water partition coefficient (Wildman–Crippen LogP) is 2.26. The Kier molecular flexibility index (Phi) is 6.31. The van der Waals surface area contributed by atoms with Crippen molar-refractivity contribution in [3.05, 3.63) is 11.7 Å². The van der Waals surface area contributed by atoms with Crippen molar-refractivity contribution >= 4 is 11.8 Å². The van der Waals surface area contributed by atoms with Crippen LogP contribution in [0.3, 0.4) is 0 Å². The average Bonchev–Trinajstić information content (AvgIpc) is 3.24. The number of hydrogen-bond donors (Lipinski definition) is 0. The summed E-state index contributed by atoms with van der Waals surface area (Å²) in [5, 5.41) is 3.97. The molecule has 8 heteroatoms. The molecule has 1 atom stereocenters. The van der Waals surface area contributed by atoms with Crippen LogP contribution < -0.4 is 0 Å². The van der Waals surface area contributed by atoms with Gasteiger partial charge in [0.05, 0.1) is 12.6 Å². The molecule has 1 aromatic rings. The number of likely N-dealkylation sites (N-methyl/N-ethyl adjacent to an activating group) is 1. The monoisotopic (exact) mass is 405 g/mol. The quantitative estimate of drug-likeness (QED) is 0.747. The van der Waals surface area contributed by atoms with E-state index in [9.17, 15) is 9.59 Å². The van der Waals surface area contributed by atoms with Crippen LogP contribution in [0.25, 0.3) is 0 Å². The molecule has 2 saturated heterocycles. The molecule has 0 aliphatic carbocycles. The summed E-state index contributed by atoms with van der Waals surface area (Å²) >= 11 is 0. The van der Waals surface area contributed by atoms with Gasteiger partial charge in [0.15, 0.2) is 5.82 Å². The molecule has 1 spiro atoms. The van der Waals surface area contributed by atoms with E-state index in [1.807, 2.05) is 46.6 Å². The Hall–Kier alpha value is -1.96. The van der Waals surface area contributed by atoms with E-state index in [4.69, 9.17) is 4.52 Å². The Morgan fingerprint density at radius 3 is 2.41 bits per heavy atom. The molecule has 29 heavy (non-hydrogen) atoms. The van der Waals surface area contributed by atoms with Crippen LogP contribution in [-0.2, 0) is 9.59 Å². The van der Waals surface area contributed by atoms with Crippen LogP contribution in [0.1, 0.15) is 64.7 Å². The fraction of sp³-hybridized carbons (Fsp3) is 0.810. The molecule has 0 radical (unpaired) electrons. The first-order valence-electron chi connectivity index (χ1n) is 10.7. The number of hydrogen-bond acceptors (Lipinski definition) is 6. The van der Waals surface area contributed by atoms with Crippen LogP contribution >= 0.6 is 0 Å². The van der Waals surface area contributed by atoms with Gasteiger partial charge < -0.3 is 14.3 Å². The molecule has 0 N–H and O–H groups in total. The Labute approximate surface area is 173 Å². The second kappa shape index (κ2) is 8.42. The van der Waals surface area contributed by atoms with Crippen molar-refractivity contribution in [1.82, 2.24) is 24.8 Å². The van der Waals surface area contributed by atoms with E-state index in [0.717, 1.165) is 38.9 Å². The van der Waals surface area contributed by atoms with E-state index in [-0.39, 0.29) is 35.2 Å². The number of aromatic nitrogens is 2. The number of aryl methyl sites for hydroxylation is 1. The minimum atomic E-state index is -0.0481. The SMILES string of the molecule is Cc1noc(C2CC3(CCN(C(=O)C(C)C)CC3)CN2CC(=O)N(C)C(C)C)n1. The lowest BCUT2D eigenvalue weighted by Crippen LogP contribution is -2.46. The van der Waals surface area contributed by atoms with E-state index >= 15 is 0 Å². The molecule has 1 unspecified atom stereocenters. The summed E-state index contributed by atoms with van der Waals surface area (Å²) in [4.78, 5) is 35.6. The van der Waals surface area contributed by atoms with Crippen molar-refractivity contribution in [3.63, 3.8) is 0 Å². The second-order valence-electron chi connectivity index (χ2n) is 9.38. The molecule has 0 aromatic carbocycles. The Morgan fingerprint density at radius 2 is 1.90 bits per heavy atom. The van der Waals surface area contributed by atoms with Crippen LogP contribution in [0.5, 0.6) is 0 Å². The third-order valence-corrected chi connectivity index (χ3v) is 6.57. The predicted molar refractivity (Wildman–Crippen MR) is 109 cm³/mol. The average molecular weight is 406 g/mol. The minimum Gasteiger partial charge on any atom is -0.342 e. The highest BCUT2D eigenvalue weighted by molar-refractivity contribution is 5.78. The van der Waals surface area contributed by atoms with E-state index in [1.165, 1.54) is 0 Å². The Morgan fingerprint density at radius 1 is 1.24 bits per heavy atom. The summed E-state index contributed by atoms with van der Waals surface area (Å²) in [5.41, 5.74) is 0.0808. The highest BCUT2D eigenvalue weighted by Gasteiger charge is 2.48. The molecule has 0 saturated carbocycles. The van der Waals surface area contributed by atoms with Gasteiger partial charge in [-0.15, -0.1) is 0 Å². The number of piperidine rings is 1. The summed E-state index contributed by atoms with van der Waals surface area (Å²) < 4.78 is 5.50. The third-order valence-electron chi connectivity index (χ3n) is 6.57. The first kappa shape index (κ1) is 21.7. The maximum Gasteiger partial charge on any atom is 0.244 e. The first-order chi connectivity index (χ1) is 13.6. The third kappa shape index (κ3) is 4.63. The zero-order valence-electron chi connectivity index (χ0n) is 18.6. The lowest BCUT2D eigenvalue weighted by atomic mass is 9.76. The number of likely N-dealkylation sites (tertiary alicyclic amines) is 2. The van der Waals surface area contributed by atoms with Gasteiger partial charge in [-0.25, -0.2) is 0 Å². The largest absolute Gasteiger partial charge is 0.342 e. The highest BCUT2D eigenvalue weighted by Crippen LogP contribution is 2.48. The number of carbonyl (C=O) groups excluding carboxylic acids is 2. The van der Waals surface area contributed by atoms with Gasteiger partial charge in [0.25, 0.3) is 0 Å². The van der Waals surface area contributed by atoms with Gasteiger partial charge in [-0.05, 0) is 45.4 Å². The molecule has 0 bridgehead atoms. The molecular weight excluding hydrogens is 370 g/mol. The normalized spacial score (nSPS) is 22.1. The topological polar surface area (TPSA) is 82.8 Å². The van der Waals surface area contributed by atoms with Crippen molar-refractivity contribution in [3.8, 4) is 0 Å². The van der Waals surface area contributed by atoms with Gasteiger partial charge in [0, 0.05) is 38.6 Å². The molecule has 8 nitrogen and oxygen atoms in total. The van der Waals surface area contributed by atoms with Crippen molar-refractivity contribution in [2.24, 2.45) is 11.3 Å². The van der Waals surface area contributed by atoms with E-state index in [1.54, 1.807) is 4.90 Å². The molecule has 1 aromatic heterocycles. The van der Waals surface area contributed by atoms with Crippen molar-refractivity contribution < 1.29 is 14.1 Å². The Bertz CT molecular complexity index is 736. The van der Waals surface area contributed by atoms with E-state index in [0.29, 0.717) is 18.3 Å².